The first-order valence-corrected chi connectivity index (χ1v) is 5.55. The van der Waals surface area contributed by atoms with Crippen LogP contribution in [0.15, 0.2) is 36.9 Å². The summed E-state index contributed by atoms with van der Waals surface area (Å²) in [6.07, 6.45) is 3.86. The summed E-state index contributed by atoms with van der Waals surface area (Å²) in [5.41, 5.74) is 1.34. The van der Waals surface area contributed by atoms with E-state index in [1.54, 1.807) is 6.07 Å². The van der Waals surface area contributed by atoms with Gasteiger partial charge >= 0.3 is 11.9 Å². The minimum absolute atomic E-state index is 0.0672. The number of rotatable bonds is 6. The van der Waals surface area contributed by atoms with Crippen LogP contribution in [0.1, 0.15) is 11.1 Å². The number of aliphatic carboxylic acids is 1. The molecule has 0 saturated carbocycles. The molecule has 0 saturated heterocycles. The van der Waals surface area contributed by atoms with Gasteiger partial charge in [0.1, 0.15) is 5.75 Å². The molecule has 5 nitrogen and oxygen atoms in total. The molecule has 0 unspecified atom stereocenters. The molecule has 0 aliphatic heterocycles. The number of phenolic OH excluding ortho intramolecular Hbond substituents is 1. The molecule has 1 rings (SSSR count). The van der Waals surface area contributed by atoms with E-state index in [4.69, 9.17) is 9.84 Å². The van der Waals surface area contributed by atoms with Gasteiger partial charge in [0.15, 0.2) is 0 Å². The number of aromatic hydroxyl groups is 1. The molecular weight excluding hydrogens is 248 g/mol. The number of hydrogen-bond donors (Lipinski definition) is 2. The summed E-state index contributed by atoms with van der Waals surface area (Å²) in [6, 6.07) is 4.56. The van der Waals surface area contributed by atoms with E-state index in [1.807, 2.05) is 0 Å². The number of hydrogen-bond acceptors (Lipinski definition) is 4. The van der Waals surface area contributed by atoms with E-state index in [0.717, 1.165) is 12.2 Å². The monoisotopic (exact) mass is 262 g/mol. The number of benzene rings is 1. The van der Waals surface area contributed by atoms with E-state index in [1.165, 1.54) is 18.2 Å². The highest BCUT2D eigenvalue weighted by atomic mass is 16.5. The van der Waals surface area contributed by atoms with Crippen molar-refractivity contribution >= 4 is 18.0 Å². The molecule has 0 fully saturated rings. The van der Waals surface area contributed by atoms with Crippen LogP contribution in [-0.2, 0) is 20.7 Å². The van der Waals surface area contributed by atoms with Crippen molar-refractivity contribution in [3.05, 3.63) is 48.1 Å². The van der Waals surface area contributed by atoms with Crippen molar-refractivity contribution in [3.8, 4) is 5.75 Å². The highest BCUT2D eigenvalue weighted by molar-refractivity contribution is 5.85. The molecule has 2 N–H and O–H groups in total. The Labute approximate surface area is 110 Å². The Morgan fingerprint density at radius 1 is 1.37 bits per heavy atom. The maximum Gasteiger partial charge on any atom is 0.330 e. The lowest BCUT2D eigenvalue weighted by molar-refractivity contribution is -0.137. The number of carboxylic acids is 1. The Balaban J connectivity index is 2.79. The van der Waals surface area contributed by atoms with Crippen LogP contribution >= 0.6 is 0 Å². The lowest BCUT2D eigenvalue weighted by Crippen LogP contribution is -2.05. The second-order valence-electron chi connectivity index (χ2n) is 3.68. The van der Waals surface area contributed by atoms with Gasteiger partial charge in [-0.2, -0.15) is 0 Å². The van der Waals surface area contributed by atoms with E-state index in [-0.39, 0.29) is 12.4 Å². The molecule has 5 heteroatoms. The number of carbonyl (C=O) groups is 2. The summed E-state index contributed by atoms with van der Waals surface area (Å²) in [6.45, 7) is 3.40. The summed E-state index contributed by atoms with van der Waals surface area (Å²) in [7, 11) is 0. The molecule has 1 aromatic rings. The van der Waals surface area contributed by atoms with Crippen LogP contribution in [-0.4, -0.2) is 28.8 Å². The van der Waals surface area contributed by atoms with Gasteiger partial charge in [-0.1, -0.05) is 12.6 Å². The molecule has 0 atom stereocenters. The van der Waals surface area contributed by atoms with Gasteiger partial charge in [0.2, 0.25) is 0 Å². The first-order valence-electron chi connectivity index (χ1n) is 5.55. The van der Waals surface area contributed by atoms with Gasteiger partial charge in [-0.3, -0.25) is 0 Å². The Hall–Kier alpha value is -2.56. The van der Waals surface area contributed by atoms with Crippen LogP contribution in [0.2, 0.25) is 0 Å². The SMILES string of the molecule is C=CC(=O)OCCc1cc(O)ccc1C=CC(=O)O. The molecule has 0 bridgehead atoms. The summed E-state index contributed by atoms with van der Waals surface area (Å²) in [4.78, 5) is 21.4. The second kappa shape index (κ2) is 7.00. The van der Waals surface area contributed by atoms with E-state index < -0.39 is 11.9 Å². The summed E-state index contributed by atoms with van der Waals surface area (Å²) in [5, 5.41) is 18.0. The number of esters is 1. The summed E-state index contributed by atoms with van der Waals surface area (Å²) in [5.74, 6) is -1.52. The Morgan fingerprint density at radius 3 is 2.74 bits per heavy atom. The molecule has 0 spiro atoms. The molecule has 0 radical (unpaired) electrons. The van der Waals surface area contributed by atoms with Gasteiger partial charge in [-0.05, 0) is 29.3 Å². The quantitative estimate of drug-likeness (QED) is 0.603. The maximum absolute atomic E-state index is 10.9. The molecule has 0 aliphatic carbocycles. The van der Waals surface area contributed by atoms with Gasteiger partial charge in [0, 0.05) is 18.6 Å². The van der Waals surface area contributed by atoms with Gasteiger partial charge in [-0.15, -0.1) is 0 Å². The van der Waals surface area contributed by atoms with E-state index in [9.17, 15) is 14.7 Å². The molecule has 0 aliphatic rings. The van der Waals surface area contributed by atoms with Crippen molar-refractivity contribution in [2.45, 2.75) is 6.42 Å². The zero-order chi connectivity index (χ0) is 14.3. The van der Waals surface area contributed by atoms with Gasteiger partial charge in [0.05, 0.1) is 6.61 Å². The van der Waals surface area contributed by atoms with E-state index in [0.29, 0.717) is 17.5 Å². The predicted octanol–water partition coefficient (Wildman–Crippen LogP) is 1.76. The van der Waals surface area contributed by atoms with Crippen LogP contribution in [0.5, 0.6) is 5.75 Å². The van der Waals surface area contributed by atoms with Crippen LogP contribution in [0.4, 0.5) is 0 Å². The average Bonchev–Trinajstić information content (AvgIpc) is 2.37. The highest BCUT2D eigenvalue weighted by Crippen LogP contribution is 2.18. The normalized spacial score (nSPS) is 10.3. The van der Waals surface area contributed by atoms with Gasteiger partial charge in [-0.25, -0.2) is 9.59 Å². The van der Waals surface area contributed by atoms with E-state index in [2.05, 4.69) is 6.58 Å². The fraction of sp³-hybridized carbons (Fsp3) is 0.143. The van der Waals surface area contributed by atoms with Crippen molar-refractivity contribution in [1.82, 2.24) is 0 Å². The zero-order valence-corrected chi connectivity index (χ0v) is 10.2. The Bertz CT molecular complexity index is 517. The Morgan fingerprint density at radius 2 is 2.11 bits per heavy atom. The number of carbonyl (C=O) groups excluding carboxylic acids is 1. The highest BCUT2D eigenvalue weighted by Gasteiger charge is 2.04. The number of ether oxygens (including phenoxy) is 1. The minimum Gasteiger partial charge on any atom is -0.508 e. The first kappa shape index (κ1) is 14.5. The fourth-order valence-electron chi connectivity index (χ4n) is 1.45. The number of phenols is 1. The molecule has 0 heterocycles. The molecule has 1 aromatic carbocycles. The fourth-order valence-corrected chi connectivity index (χ4v) is 1.45. The molecule has 0 aromatic heterocycles. The lowest BCUT2D eigenvalue weighted by Gasteiger charge is -2.07. The zero-order valence-electron chi connectivity index (χ0n) is 10.2. The van der Waals surface area contributed by atoms with Crippen molar-refractivity contribution in [2.75, 3.05) is 6.61 Å². The van der Waals surface area contributed by atoms with Crippen LogP contribution in [0.25, 0.3) is 6.08 Å². The van der Waals surface area contributed by atoms with Crippen molar-refractivity contribution in [2.24, 2.45) is 0 Å². The van der Waals surface area contributed by atoms with Gasteiger partial charge in [0.25, 0.3) is 0 Å². The summed E-state index contributed by atoms with van der Waals surface area (Å²) < 4.78 is 4.84. The summed E-state index contributed by atoms with van der Waals surface area (Å²) >= 11 is 0. The van der Waals surface area contributed by atoms with E-state index >= 15 is 0 Å². The third kappa shape index (κ3) is 5.08. The third-order valence-electron chi connectivity index (χ3n) is 2.31. The minimum atomic E-state index is -1.06. The molecule has 0 amide bonds. The van der Waals surface area contributed by atoms with Gasteiger partial charge < -0.3 is 14.9 Å². The Kier molecular flexibility index (Phi) is 5.35. The average molecular weight is 262 g/mol. The van der Waals surface area contributed by atoms with Crippen LogP contribution in [0, 0.1) is 0 Å². The smallest absolute Gasteiger partial charge is 0.330 e. The lowest BCUT2D eigenvalue weighted by atomic mass is 10.0. The predicted molar refractivity (Wildman–Crippen MR) is 69.6 cm³/mol. The first-order chi connectivity index (χ1) is 9.02. The standard InChI is InChI=1S/C14H14O5/c1-2-14(18)19-8-7-11-9-12(15)5-3-10(11)4-6-13(16)17/h2-6,9,15H,1,7-8H2,(H,16,17). The van der Waals surface area contributed by atoms with Crippen molar-refractivity contribution in [3.63, 3.8) is 0 Å². The second-order valence-corrected chi connectivity index (χ2v) is 3.68. The van der Waals surface area contributed by atoms with Crippen molar-refractivity contribution < 1.29 is 24.5 Å². The molecule has 19 heavy (non-hydrogen) atoms. The molecule has 100 valence electrons. The van der Waals surface area contributed by atoms with Crippen molar-refractivity contribution in [1.29, 1.82) is 0 Å². The molecular formula is C14H14O5. The topological polar surface area (TPSA) is 83.8 Å². The number of carboxylic acid groups (broad SMARTS) is 1. The third-order valence-corrected chi connectivity index (χ3v) is 2.31. The maximum atomic E-state index is 10.9. The van der Waals surface area contributed by atoms with Crippen LogP contribution in [0.3, 0.4) is 0 Å². The van der Waals surface area contributed by atoms with Crippen LogP contribution < -0.4 is 0 Å². The largest absolute Gasteiger partial charge is 0.508 e.